The molecule has 1 aliphatic rings. The number of amides is 2. The van der Waals surface area contributed by atoms with Crippen LogP contribution in [0.3, 0.4) is 0 Å². The van der Waals surface area contributed by atoms with E-state index in [1.807, 2.05) is 12.1 Å². The smallest absolute Gasteiger partial charge is 0.416 e. The van der Waals surface area contributed by atoms with Crippen LogP contribution in [0.4, 0.5) is 24.7 Å². The van der Waals surface area contributed by atoms with Crippen LogP contribution in [-0.4, -0.2) is 51.3 Å². The number of halogens is 4. The molecule has 5 rings (SSSR count). The summed E-state index contributed by atoms with van der Waals surface area (Å²) in [5.74, 6) is -1.23. The Balaban J connectivity index is 1.32. The standard InChI is InChI=1S/C30H28BrF3N6O3/c31-25-26(29(43)36-15-8-19-11-16-39(17-12-19)21-9-13-35-14-10-21)38-40(22-5-3-4-20(18-22)30(32,33)34)27(25)37-28(42)23-6-1-2-7-24(23)41/h1-7,9-10,13-14,18-19,41H,8,11-12,15-17H2,(H,36,43)(H,37,42). The molecule has 1 fully saturated rings. The van der Waals surface area contributed by atoms with Gasteiger partial charge < -0.3 is 20.6 Å². The quantitative estimate of drug-likeness (QED) is 0.213. The van der Waals surface area contributed by atoms with E-state index in [2.05, 4.69) is 41.5 Å². The molecule has 224 valence electrons. The molecule has 0 bridgehead atoms. The van der Waals surface area contributed by atoms with Crippen LogP contribution in [-0.2, 0) is 6.18 Å². The fourth-order valence-corrected chi connectivity index (χ4v) is 5.53. The summed E-state index contributed by atoms with van der Waals surface area (Å²) in [6, 6.07) is 14.2. The number of piperidine rings is 1. The number of hydrogen-bond donors (Lipinski definition) is 3. The minimum absolute atomic E-state index is 0.0249. The van der Waals surface area contributed by atoms with Crippen LogP contribution in [0.1, 0.15) is 45.7 Å². The maximum absolute atomic E-state index is 13.5. The number of pyridine rings is 1. The predicted octanol–water partition coefficient (Wildman–Crippen LogP) is 6.04. The molecule has 13 heteroatoms. The van der Waals surface area contributed by atoms with Gasteiger partial charge in [0.25, 0.3) is 11.8 Å². The van der Waals surface area contributed by atoms with Gasteiger partial charge in [0.15, 0.2) is 11.5 Å². The summed E-state index contributed by atoms with van der Waals surface area (Å²) in [6.45, 7) is 2.17. The van der Waals surface area contributed by atoms with Crippen molar-refractivity contribution in [2.45, 2.75) is 25.4 Å². The molecule has 0 spiro atoms. The zero-order valence-electron chi connectivity index (χ0n) is 22.8. The Kier molecular flexibility index (Phi) is 9.00. The Hall–Kier alpha value is -4.39. The van der Waals surface area contributed by atoms with Crippen LogP contribution in [0.25, 0.3) is 5.69 Å². The van der Waals surface area contributed by atoms with Crippen molar-refractivity contribution in [2.75, 3.05) is 29.9 Å². The van der Waals surface area contributed by atoms with Crippen molar-refractivity contribution in [1.82, 2.24) is 20.1 Å². The van der Waals surface area contributed by atoms with E-state index in [-0.39, 0.29) is 33.0 Å². The third kappa shape index (κ3) is 6.99. The molecule has 43 heavy (non-hydrogen) atoms. The summed E-state index contributed by atoms with van der Waals surface area (Å²) < 4.78 is 41.5. The van der Waals surface area contributed by atoms with Crippen LogP contribution < -0.4 is 15.5 Å². The molecule has 4 aromatic rings. The summed E-state index contributed by atoms with van der Waals surface area (Å²) >= 11 is 3.32. The summed E-state index contributed by atoms with van der Waals surface area (Å²) in [5, 5.41) is 19.8. The van der Waals surface area contributed by atoms with Crippen LogP contribution >= 0.6 is 15.9 Å². The SMILES string of the molecule is O=C(Nc1c(Br)c(C(=O)NCCC2CCN(c3ccncc3)CC2)nn1-c1cccc(C(F)(F)F)c1)c1ccccc1O. The lowest BCUT2D eigenvalue weighted by Gasteiger charge is -2.33. The van der Waals surface area contributed by atoms with E-state index in [1.165, 1.54) is 24.3 Å². The topological polar surface area (TPSA) is 112 Å². The highest BCUT2D eigenvalue weighted by Gasteiger charge is 2.32. The number of nitrogens with zero attached hydrogens (tertiary/aromatic N) is 4. The average Bonchev–Trinajstić information content (AvgIpc) is 3.33. The minimum Gasteiger partial charge on any atom is -0.507 e. The molecule has 0 saturated carbocycles. The summed E-state index contributed by atoms with van der Waals surface area (Å²) in [7, 11) is 0. The normalized spacial score (nSPS) is 14.0. The van der Waals surface area contributed by atoms with E-state index >= 15 is 0 Å². The van der Waals surface area contributed by atoms with Crippen molar-refractivity contribution in [3.05, 3.63) is 94.4 Å². The molecule has 9 nitrogen and oxygen atoms in total. The van der Waals surface area contributed by atoms with Gasteiger partial charge in [0.05, 0.1) is 21.3 Å². The van der Waals surface area contributed by atoms with Crippen molar-refractivity contribution in [3.8, 4) is 11.4 Å². The Morgan fingerprint density at radius 1 is 0.977 bits per heavy atom. The Morgan fingerprint density at radius 3 is 2.40 bits per heavy atom. The molecule has 0 aliphatic carbocycles. The first-order valence-corrected chi connectivity index (χ1v) is 14.4. The Labute approximate surface area is 253 Å². The summed E-state index contributed by atoms with van der Waals surface area (Å²) in [6.07, 6.45) is 1.60. The largest absolute Gasteiger partial charge is 0.507 e. The number of aromatic hydroxyl groups is 1. The van der Waals surface area contributed by atoms with Crippen LogP contribution in [0.5, 0.6) is 5.75 Å². The Morgan fingerprint density at radius 2 is 1.70 bits per heavy atom. The number of phenolic OH excluding ortho intramolecular Hbond substituents is 1. The van der Waals surface area contributed by atoms with Crippen molar-refractivity contribution in [2.24, 2.45) is 5.92 Å². The number of phenols is 1. The second kappa shape index (κ2) is 12.9. The molecule has 0 atom stereocenters. The van der Waals surface area contributed by atoms with Gasteiger partial charge in [-0.1, -0.05) is 18.2 Å². The van der Waals surface area contributed by atoms with E-state index in [9.17, 15) is 27.9 Å². The van der Waals surface area contributed by atoms with Crippen LogP contribution in [0.15, 0.2) is 77.5 Å². The molecule has 0 radical (unpaired) electrons. The van der Waals surface area contributed by atoms with Gasteiger partial charge in [0, 0.05) is 37.7 Å². The van der Waals surface area contributed by atoms with Gasteiger partial charge in [0.1, 0.15) is 5.75 Å². The van der Waals surface area contributed by atoms with Gasteiger partial charge >= 0.3 is 6.18 Å². The number of rotatable bonds is 8. The highest BCUT2D eigenvalue weighted by atomic mass is 79.9. The molecule has 2 amide bonds. The first-order valence-electron chi connectivity index (χ1n) is 13.6. The fourth-order valence-electron chi connectivity index (χ4n) is 5.00. The van der Waals surface area contributed by atoms with Gasteiger partial charge in [-0.05, 0) is 83.6 Å². The maximum atomic E-state index is 13.5. The van der Waals surface area contributed by atoms with Gasteiger partial charge in [-0.2, -0.15) is 18.3 Å². The van der Waals surface area contributed by atoms with Crippen molar-refractivity contribution >= 4 is 39.2 Å². The third-order valence-electron chi connectivity index (χ3n) is 7.32. The average molecular weight is 657 g/mol. The second-order valence-electron chi connectivity index (χ2n) is 10.1. The number of anilines is 2. The van der Waals surface area contributed by atoms with Crippen molar-refractivity contribution < 1.29 is 27.9 Å². The van der Waals surface area contributed by atoms with E-state index in [1.54, 1.807) is 24.5 Å². The molecule has 2 aromatic heterocycles. The van der Waals surface area contributed by atoms with Crippen molar-refractivity contribution in [3.63, 3.8) is 0 Å². The molecule has 0 unspecified atom stereocenters. The first-order chi connectivity index (χ1) is 20.6. The number of aromatic nitrogens is 3. The van der Waals surface area contributed by atoms with E-state index in [0.717, 1.165) is 54.9 Å². The molecule has 1 saturated heterocycles. The highest BCUT2D eigenvalue weighted by Crippen LogP contribution is 2.34. The highest BCUT2D eigenvalue weighted by molar-refractivity contribution is 9.10. The lowest BCUT2D eigenvalue weighted by molar-refractivity contribution is -0.137. The lowest BCUT2D eigenvalue weighted by Crippen LogP contribution is -2.35. The molecule has 1 aliphatic heterocycles. The van der Waals surface area contributed by atoms with Gasteiger partial charge in [-0.15, -0.1) is 0 Å². The number of nitrogens with one attached hydrogen (secondary N) is 2. The van der Waals surface area contributed by atoms with Gasteiger partial charge in [-0.3, -0.25) is 14.6 Å². The first kappa shape index (κ1) is 30.1. The summed E-state index contributed by atoms with van der Waals surface area (Å²) in [5.41, 5.74) is 0.0108. The predicted molar refractivity (Wildman–Crippen MR) is 158 cm³/mol. The van der Waals surface area contributed by atoms with Gasteiger partial charge in [-0.25, -0.2) is 4.68 Å². The van der Waals surface area contributed by atoms with Crippen molar-refractivity contribution in [1.29, 1.82) is 0 Å². The zero-order chi connectivity index (χ0) is 30.6. The third-order valence-corrected chi connectivity index (χ3v) is 8.07. The van der Waals surface area contributed by atoms with E-state index < -0.39 is 23.6 Å². The number of para-hydroxylation sites is 1. The number of hydrogen-bond acceptors (Lipinski definition) is 6. The molecule has 3 N–H and O–H groups in total. The Bertz CT molecular complexity index is 1600. The molecular formula is C30H28BrF3N6O3. The number of benzene rings is 2. The summed E-state index contributed by atoms with van der Waals surface area (Å²) in [4.78, 5) is 32.6. The fraction of sp³-hybridized carbons (Fsp3) is 0.267. The maximum Gasteiger partial charge on any atom is 0.416 e. The number of alkyl halides is 3. The number of carbonyl (C=O) groups is 2. The molecule has 2 aromatic carbocycles. The minimum atomic E-state index is -4.62. The lowest BCUT2D eigenvalue weighted by atomic mass is 9.93. The van der Waals surface area contributed by atoms with E-state index in [4.69, 9.17) is 0 Å². The van der Waals surface area contributed by atoms with Gasteiger partial charge in [0.2, 0.25) is 0 Å². The van der Waals surface area contributed by atoms with Crippen LogP contribution in [0.2, 0.25) is 0 Å². The number of carbonyl (C=O) groups excluding carboxylic acids is 2. The second-order valence-corrected chi connectivity index (χ2v) is 10.9. The monoisotopic (exact) mass is 656 g/mol. The molecule has 3 heterocycles. The van der Waals surface area contributed by atoms with Crippen LogP contribution in [0, 0.1) is 5.92 Å². The van der Waals surface area contributed by atoms with E-state index in [0.29, 0.717) is 12.5 Å². The molecular weight excluding hydrogens is 629 g/mol. The zero-order valence-corrected chi connectivity index (χ0v) is 24.4.